The number of rotatable bonds is 11. The van der Waals surface area contributed by atoms with Crippen molar-refractivity contribution in [1.82, 2.24) is 0 Å². The van der Waals surface area contributed by atoms with Gasteiger partial charge in [0.05, 0.1) is 0 Å². The molecule has 1 N–H and O–H groups in total. The van der Waals surface area contributed by atoms with E-state index in [9.17, 15) is 9.59 Å². The average molecular weight is 272 g/mol. The van der Waals surface area contributed by atoms with E-state index in [1.807, 2.05) is 0 Å². The Balaban J connectivity index is 3.86. The fourth-order valence-electron chi connectivity index (χ4n) is 1.43. The Morgan fingerprint density at radius 2 is 1.84 bits per heavy atom. The van der Waals surface area contributed by atoms with Crippen molar-refractivity contribution in [3.63, 3.8) is 0 Å². The number of ketones is 1. The standard InChI is InChI=1S/C14H24O5/c1-4-13(17)18-11-19-14(2,3)12(16)9-7-5-6-8-10-15/h4,15H,1,5-11H2,2-3H3. The van der Waals surface area contributed by atoms with Crippen molar-refractivity contribution >= 4 is 11.8 Å². The highest BCUT2D eigenvalue weighted by atomic mass is 16.7. The maximum Gasteiger partial charge on any atom is 0.332 e. The third-order valence-electron chi connectivity index (χ3n) is 2.77. The van der Waals surface area contributed by atoms with E-state index in [0.29, 0.717) is 6.42 Å². The predicted octanol–water partition coefficient (Wildman–Crippen LogP) is 1.98. The third-order valence-corrected chi connectivity index (χ3v) is 2.77. The van der Waals surface area contributed by atoms with Crippen LogP contribution in [0.5, 0.6) is 0 Å². The quantitative estimate of drug-likeness (QED) is 0.269. The molecule has 0 aromatic rings. The van der Waals surface area contributed by atoms with Gasteiger partial charge >= 0.3 is 5.97 Å². The number of carbonyl (C=O) groups is 2. The molecule has 0 aromatic carbocycles. The van der Waals surface area contributed by atoms with Gasteiger partial charge in [0.1, 0.15) is 5.60 Å². The summed E-state index contributed by atoms with van der Waals surface area (Å²) < 4.78 is 9.94. The molecule has 0 spiro atoms. The summed E-state index contributed by atoms with van der Waals surface area (Å²) in [6, 6.07) is 0. The van der Waals surface area contributed by atoms with E-state index in [4.69, 9.17) is 9.84 Å². The maximum atomic E-state index is 11.9. The van der Waals surface area contributed by atoms with Gasteiger partial charge < -0.3 is 14.6 Å². The van der Waals surface area contributed by atoms with Gasteiger partial charge in [-0.3, -0.25) is 4.79 Å². The van der Waals surface area contributed by atoms with Crippen LogP contribution >= 0.6 is 0 Å². The molecule has 0 aliphatic rings. The molecule has 0 heterocycles. The zero-order valence-electron chi connectivity index (χ0n) is 11.8. The van der Waals surface area contributed by atoms with Gasteiger partial charge in [-0.15, -0.1) is 0 Å². The second-order valence-electron chi connectivity index (χ2n) is 4.75. The Labute approximate surface area is 114 Å². The van der Waals surface area contributed by atoms with Gasteiger partial charge in [-0.1, -0.05) is 19.4 Å². The number of Topliss-reactive ketones (excluding diaryl/α,β-unsaturated/α-hetero) is 1. The highest BCUT2D eigenvalue weighted by molar-refractivity contribution is 5.86. The van der Waals surface area contributed by atoms with Crippen molar-refractivity contribution < 1.29 is 24.2 Å². The first kappa shape index (κ1) is 17.8. The molecular weight excluding hydrogens is 248 g/mol. The summed E-state index contributed by atoms with van der Waals surface area (Å²) in [5.41, 5.74) is -0.960. The molecule has 0 unspecified atom stereocenters. The Bertz CT molecular complexity index is 296. The van der Waals surface area contributed by atoms with Gasteiger partial charge in [0.15, 0.2) is 12.6 Å². The fraction of sp³-hybridized carbons (Fsp3) is 0.714. The normalized spacial score (nSPS) is 11.1. The molecule has 0 atom stereocenters. The fourth-order valence-corrected chi connectivity index (χ4v) is 1.43. The molecule has 0 saturated carbocycles. The molecule has 5 heteroatoms. The minimum atomic E-state index is -0.960. The molecule has 0 bridgehead atoms. The van der Waals surface area contributed by atoms with Crippen LogP contribution in [0.25, 0.3) is 0 Å². The number of esters is 1. The minimum absolute atomic E-state index is 0.0221. The Hall–Kier alpha value is -1.20. The number of aliphatic hydroxyl groups is 1. The first-order valence-corrected chi connectivity index (χ1v) is 6.51. The van der Waals surface area contributed by atoms with E-state index >= 15 is 0 Å². The number of hydrogen-bond acceptors (Lipinski definition) is 5. The summed E-state index contributed by atoms with van der Waals surface area (Å²) in [5.74, 6) is -0.599. The van der Waals surface area contributed by atoms with E-state index in [0.717, 1.165) is 31.8 Å². The molecule has 0 rings (SSSR count). The molecule has 0 aliphatic carbocycles. The second kappa shape index (κ2) is 9.69. The van der Waals surface area contributed by atoms with Crippen molar-refractivity contribution in [1.29, 1.82) is 0 Å². The zero-order valence-corrected chi connectivity index (χ0v) is 11.8. The van der Waals surface area contributed by atoms with E-state index in [1.54, 1.807) is 13.8 Å². The highest BCUT2D eigenvalue weighted by Gasteiger charge is 2.27. The SMILES string of the molecule is C=CC(=O)OCOC(C)(C)C(=O)CCCCCCO. The summed E-state index contributed by atoms with van der Waals surface area (Å²) >= 11 is 0. The van der Waals surface area contributed by atoms with Gasteiger partial charge in [-0.25, -0.2) is 4.79 Å². The van der Waals surface area contributed by atoms with E-state index in [2.05, 4.69) is 11.3 Å². The maximum absolute atomic E-state index is 11.9. The second-order valence-corrected chi connectivity index (χ2v) is 4.75. The van der Waals surface area contributed by atoms with E-state index < -0.39 is 11.6 Å². The average Bonchev–Trinajstić information content (AvgIpc) is 2.37. The Kier molecular flexibility index (Phi) is 9.08. The van der Waals surface area contributed by atoms with Gasteiger partial charge in [-0.2, -0.15) is 0 Å². The molecule has 0 radical (unpaired) electrons. The summed E-state index contributed by atoms with van der Waals surface area (Å²) in [5, 5.41) is 8.63. The van der Waals surface area contributed by atoms with Crippen molar-refractivity contribution in [2.45, 2.75) is 51.6 Å². The summed E-state index contributed by atoms with van der Waals surface area (Å²) in [4.78, 5) is 22.7. The first-order valence-electron chi connectivity index (χ1n) is 6.51. The third kappa shape index (κ3) is 8.51. The number of ether oxygens (including phenoxy) is 2. The lowest BCUT2D eigenvalue weighted by Crippen LogP contribution is -2.36. The molecule has 0 saturated heterocycles. The number of carbonyl (C=O) groups excluding carboxylic acids is 2. The van der Waals surface area contributed by atoms with Crippen LogP contribution in [0.3, 0.4) is 0 Å². The van der Waals surface area contributed by atoms with Gasteiger partial charge in [-0.05, 0) is 26.7 Å². The Morgan fingerprint density at radius 3 is 2.42 bits per heavy atom. The van der Waals surface area contributed by atoms with Crippen molar-refractivity contribution in [3.8, 4) is 0 Å². The van der Waals surface area contributed by atoms with Crippen molar-refractivity contribution in [2.24, 2.45) is 0 Å². The largest absolute Gasteiger partial charge is 0.435 e. The number of aliphatic hydroxyl groups excluding tert-OH is 1. The lowest BCUT2D eigenvalue weighted by Gasteiger charge is -2.23. The lowest BCUT2D eigenvalue weighted by atomic mass is 9.98. The van der Waals surface area contributed by atoms with E-state index in [1.165, 1.54) is 0 Å². The molecular formula is C14H24O5. The molecule has 110 valence electrons. The summed E-state index contributed by atoms with van der Waals surface area (Å²) in [6.45, 7) is 6.51. The molecule has 0 aromatic heterocycles. The molecule has 0 fully saturated rings. The van der Waals surface area contributed by atoms with Crippen LogP contribution in [0.1, 0.15) is 46.0 Å². The smallest absolute Gasteiger partial charge is 0.332 e. The lowest BCUT2D eigenvalue weighted by molar-refractivity contribution is -0.171. The topological polar surface area (TPSA) is 72.8 Å². The van der Waals surface area contributed by atoms with Crippen LogP contribution in [0.4, 0.5) is 0 Å². The number of unbranched alkanes of at least 4 members (excludes halogenated alkanes) is 3. The molecule has 19 heavy (non-hydrogen) atoms. The molecule has 0 amide bonds. The van der Waals surface area contributed by atoms with Crippen LogP contribution in [-0.2, 0) is 19.1 Å². The molecule has 0 aliphatic heterocycles. The summed E-state index contributed by atoms with van der Waals surface area (Å²) in [6.07, 6.45) is 4.84. The zero-order chi connectivity index (χ0) is 14.7. The predicted molar refractivity (Wildman–Crippen MR) is 71.5 cm³/mol. The molecule has 5 nitrogen and oxygen atoms in total. The monoisotopic (exact) mass is 272 g/mol. The number of hydrogen-bond donors (Lipinski definition) is 1. The van der Waals surface area contributed by atoms with Gasteiger partial charge in [0, 0.05) is 19.1 Å². The van der Waals surface area contributed by atoms with Crippen molar-refractivity contribution in [3.05, 3.63) is 12.7 Å². The van der Waals surface area contributed by atoms with Crippen LogP contribution in [0, 0.1) is 0 Å². The van der Waals surface area contributed by atoms with Crippen LogP contribution in [0.15, 0.2) is 12.7 Å². The van der Waals surface area contributed by atoms with Crippen molar-refractivity contribution in [2.75, 3.05) is 13.4 Å². The highest BCUT2D eigenvalue weighted by Crippen LogP contribution is 2.15. The van der Waals surface area contributed by atoms with Crippen LogP contribution < -0.4 is 0 Å². The van der Waals surface area contributed by atoms with Crippen LogP contribution in [-0.4, -0.2) is 35.9 Å². The van der Waals surface area contributed by atoms with E-state index in [-0.39, 0.29) is 19.2 Å². The Morgan fingerprint density at radius 1 is 1.21 bits per heavy atom. The first-order chi connectivity index (χ1) is 8.94. The van der Waals surface area contributed by atoms with Crippen LogP contribution in [0.2, 0.25) is 0 Å². The minimum Gasteiger partial charge on any atom is -0.435 e. The summed E-state index contributed by atoms with van der Waals surface area (Å²) in [7, 11) is 0. The van der Waals surface area contributed by atoms with Gasteiger partial charge in [0.25, 0.3) is 0 Å². The van der Waals surface area contributed by atoms with Gasteiger partial charge in [0.2, 0.25) is 0 Å².